The summed E-state index contributed by atoms with van der Waals surface area (Å²) >= 11 is 0. The van der Waals surface area contributed by atoms with Crippen LogP contribution in [-0.2, 0) is 7.05 Å². The van der Waals surface area contributed by atoms with E-state index in [1.807, 2.05) is 6.07 Å². The van der Waals surface area contributed by atoms with Crippen molar-refractivity contribution in [1.82, 2.24) is 4.57 Å². The number of amides is 2. The zero-order valence-corrected chi connectivity index (χ0v) is 16.3. The summed E-state index contributed by atoms with van der Waals surface area (Å²) in [5.41, 5.74) is 1.18. The number of nitrogens with one attached hydrogen (secondary N) is 2. The lowest BCUT2D eigenvalue weighted by Crippen LogP contribution is -2.29. The SMILES string of the molecule is Cn1c(=O)c(NC(=O)c2ccccc2)c(C(=O)Nc2ccccc2)c2ccccc21. The molecule has 0 aliphatic carbocycles. The molecule has 0 aliphatic heterocycles. The van der Waals surface area contributed by atoms with Crippen LogP contribution in [0, 0.1) is 0 Å². The van der Waals surface area contributed by atoms with Crippen molar-refractivity contribution >= 4 is 34.1 Å². The van der Waals surface area contributed by atoms with Crippen LogP contribution in [0.2, 0.25) is 0 Å². The first kappa shape index (κ1) is 19.1. The molecule has 0 aliphatic rings. The molecule has 4 rings (SSSR count). The summed E-state index contributed by atoms with van der Waals surface area (Å²) in [7, 11) is 1.61. The molecular formula is C24H19N3O3. The van der Waals surface area contributed by atoms with E-state index in [1.54, 1.807) is 85.9 Å². The van der Waals surface area contributed by atoms with Gasteiger partial charge >= 0.3 is 0 Å². The van der Waals surface area contributed by atoms with Crippen LogP contribution in [0.15, 0.2) is 89.7 Å². The maximum absolute atomic E-state index is 13.2. The molecule has 6 nitrogen and oxygen atoms in total. The van der Waals surface area contributed by atoms with Gasteiger partial charge < -0.3 is 15.2 Å². The van der Waals surface area contributed by atoms with E-state index in [2.05, 4.69) is 10.6 Å². The third kappa shape index (κ3) is 3.58. The van der Waals surface area contributed by atoms with Gasteiger partial charge in [0.15, 0.2) is 0 Å². The molecule has 0 saturated heterocycles. The molecule has 3 aromatic carbocycles. The standard InChI is InChI=1S/C24H19N3O3/c1-27-19-15-9-8-14-18(19)20(23(29)25-17-12-6-3-7-13-17)21(24(27)30)26-22(28)16-10-4-2-5-11-16/h2-15H,1H3,(H,25,29)(H,26,28). The fourth-order valence-corrected chi connectivity index (χ4v) is 3.34. The number of carbonyl (C=O) groups excluding carboxylic acids is 2. The predicted molar refractivity (Wildman–Crippen MR) is 118 cm³/mol. The fraction of sp³-hybridized carbons (Fsp3) is 0.0417. The lowest BCUT2D eigenvalue weighted by atomic mass is 10.0. The van der Waals surface area contributed by atoms with Crippen molar-refractivity contribution in [2.45, 2.75) is 0 Å². The van der Waals surface area contributed by atoms with Gasteiger partial charge in [0.25, 0.3) is 17.4 Å². The summed E-state index contributed by atoms with van der Waals surface area (Å²) in [6.07, 6.45) is 0. The second-order valence-electron chi connectivity index (χ2n) is 6.77. The van der Waals surface area contributed by atoms with Crippen LogP contribution < -0.4 is 16.2 Å². The van der Waals surface area contributed by atoms with Gasteiger partial charge in [-0.15, -0.1) is 0 Å². The molecule has 0 spiro atoms. The molecule has 148 valence electrons. The first-order valence-corrected chi connectivity index (χ1v) is 9.41. The minimum absolute atomic E-state index is 0.0570. The highest BCUT2D eigenvalue weighted by molar-refractivity contribution is 6.18. The van der Waals surface area contributed by atoms with Gasteiger partial charge in [-0.1, -0.05) is 54.6 Å². The molecule has 4 aromatic rings. The minimum atomic E-state index is -0.474. The van der Waals surface area contributed by atoms with Crippen LogP contribution in [-0.4, -0.2) is 16.4 Å². The van der Waals surface area contributed by atoms with Crippen molar-refractivity contribution in [3.8, 4) is 0 Å². The lowest BCUT2D eigenvalue weighted by Gasteiger charge is -2.16. The molecule has 2 amide bonds. The monoisotopic (exact) mass is 397 g/mol. The van der Waals surface area contributed by atoms with Crippen LogP contribution in [0.3, 0.4) is 0 Å². The Morgan fingerprint density at radius 2 is 1.33 bits per heavy atom. The Bertz CT molecular complexity index is 1300. The Balaban J connectivity index is 1.87. The molecule has 6 heteroatoms. The Hall–Kier alpha value is -4.19. The molecule has 2 N–H and O–H groups in total. The van der Waals surface area contributed by atoms with E-state index in [-0.39, 0.29) is 11.3 Å². The zero-order chi connectivity index (χ0) is 21.1. The van der Waals surface area contributed by atoms with Gasteiger partial charge in [-0.05, 0) is 30.3 Å². The van der Waals surface area contributed by atoms with Crippen molar-refractivity contribution in [1.29, 1.82) is 0 Å². The smallest absolute Gasteiger partial charge is 0.275 e. The summed E-state index contributed by atoms with van der Waals surface area (Å²) in [4.78, 5) is 39.1. The number of anilines is 2. The third-order valence-corrected chi connectivity index (χ3v) is 4.84. The molecular weight excluding hydrogens is 378 g/mol. The van der Waals surface area contributed by atoms with Gasteiger partial charge in [0.2, 0.25) is 0 Å². The summed E-state index contributed by atoms with van der Waals surface area (Å²) in [6, 6.07) is 24.6. The van der Waals surface area contributed by atoms with Gasteiger partial charge in [-0.3, -0.25) is 14.4 Å². The molecule has 0 radical (unpaired) electrons. The average molecular weight is 397 g/mol. The Morgan fingerprint density at radius 3 is 2.03 bits per heavy atom. The topological polar surface area (TPSA) is 80.2 Å². The van der Waals surface area contributed by atoms with E-state index < -0.39 is 17.4 Å². The van der Waals surface area contributed by atoms with E-state index in [1.165, 1.54) is 4.57 Å². The van der Waals surface area contributed by atoms with Gasteiger partial charge in [-0.25, -0.2) is 0 Å². The molecule has 0 atom stereocenters. The van der Waals surface area contributed by atoms with E-state index in [4.69, 9.17) is 0 Å². The number of aryl methyl sites for hydroxylation is 1. The van der Waals surface area contributed by atoms with E-state index in [0.717, 1.165) is 0 Å². The second kappa shape index (κ2) is 8.05. The van der Waals surface area contributed by atoms with Gasteiger partial charge in [0.05, 0.1) is 11.1 Å². The average Bonchev–Trinajstić information content (AvgIpc) is 2.78. The van der Waals surface area contributed by atoms with Crippen molar-refractivity contribution in [2.24, 2.45) is 7.05 Å². The Labute approximate surface area is 172 Å². The van der Waals surface area contributed by atoms with Crippen molar-refractivity contribution in [3.05, 3.63) is 106 Å². The predicted octanol–water partition coefficient (Wildman–Crippen LogP) is 4.04. The number of nitrogens with zero attached hydrogens (tertiary/aromatic N) is 1. The third-order valence-electron chi connectivity index (χ3n) is 4.84. The maximum Gasteiger partial charge on any atom is 0.275 e. The molecule has 30 heavy (non-hydrogen) atoms. The van der Waals surface area contributed by atoms with Crippen molar-refractivity contribution in [3.63, 3.8) is 0 Å². The molecule has 1 aromatic heterocycles. The minimum Gasteiger partial charge on any atom is -0.322 e. The summed E-state index contributed by atoms with van der Waals surface area (Å²) in [6.45, 7) is 0. The van der Waals surface area contributed by atoms with Crippen molar-refractivity contribution in [2.75, 3.05) is 10.6 Å². The quantitative estimate of drug-likeness (QED) is 0.545. The highest BCUT2D eigenvalue weighted by Gasteiger charge is 2.23. The van der Waals surface area contributed by atoms with E-state index in [0.29, 0.717) is 22.2 Å². The van der Waals surface area contributed by atoms with Gasteiger partial charge in [0.1, 0.15) is 5.69 Å². The number of para-hydroxylation sites is 2. The van der Waals surface area contributed by atoms with Crippen LogP contribution >= 0.6 is 0 Å². The summed E-state index contributed by atoms with van der Waals surface area (Å²) < 4.78 is 1.43. The first-order valence-electron chi connectivity index (χ1n) is 9.41. The fourth-order valence-electron chi connectivity index (χ4n) is 3.34. The summed E-state index contributed by atoms with van der Waals surface area (Å²) in [5, 5.41) is 6.04. The molecule has 0 saturated carbocycles. The van der Waals surface area contributed by atoms with E-state index >= 15 is 0 Å². The number of rotatable bonds is 4. The Morgan fingerprint density at radius 1 is 0.733 bits per heavy atom. The molecule has 1 heterocycles. The lowest BCUT2D eigenvalue weighted by molar-refractivity contribution is 0.102. The second-order valence-corrected chi connectivity index (χ2v) is 6.77. The maximum atomic E-state index is 13.2. The number of pyridine rings is 1. The van der Waals surface area contributed by atoms with Gasteiger partial charge in [0, 0.05) is 23.7 Å². The van der Waals surface area contributed by atoms with Crippen LogP contribution in [0.1, 0.15) is 20.7 Å². The first-order chi connectivity index (χ1) is 14.6. The number of aromatic nitrogens is 1. The Kier molecular flexibility index (Phi) is 5.13. The summed E-state index contributed by atoms with van der Waals surface area (Å²) in [5.74, 6) is -0.935. The number of hydrogen-bond donors (Lipinski definition) is 2. The van der Waals surface area contributed by atoms with Crippen LogP contribution in [0.25, 0.3) is 10.9 Å². The largest absolute Gasteiger partial charge is 0.322 e. The van der Waals surface area contributed by atoms with Crippen molar-refractivity contribution < 1.29 is 9.59 Å². The molecule has 0 unspecified atom stereocenters. The number of benzene rings is 3. The molecule has 0 bridgehead atoms. The zero-order valence-electron chi connectivity index (χ0n) is 16.3. The van der Waals surface area contributed by atoms with E-state index in [9.17, 15) is 14.4 Å². The van der Waals surface area contributed by atoms with Gasteiger partial charge in [-0.2, -0.15) is 0 Å². The van der Waals surface area contributed by atoms with Crippen LogP contribution in [0.5, 0.6) is 0 Å². The number of fused-ring (bicyclic) bond motifs is 1. The number of hydrogen-bond acceptors (Lipinski definition) is 3. The molecule has 0 fully saturated rings. The van der Waals surface area contributed by atoms with Crippen LogP contribution in [0.4, 0.5) is 11.4 Å². The highest BCUT2D eigenvalue weighted by Crippen LogP contribution is 2.24. The normalized spacial score (nSPS) is 10.6. The number of carbonyl (C=O) groups is 2. The highest BCUT2D eigenvalue weighted by atomic mass is 16.2.